The molecule has 0 aromatic carbocycles. The average molecular weight is 277 g/mol. The highest BCUT2D eigenvalue weighted by molar-refractivity contribution is 7.99. The Hall–Kier alpha value is -0.720. The highest BCUT2D eigenvalue weighted by atomic mass is 35.5. The number of nitrogen functional groups attached to an aromatic ring is 1. The van der Waals surface area contributed by atoms with E-state index in [4.69, 9.17) is 17.3 Å². The molecule has 0 aliphatic rings. The lowest BCUT2D eigenvalue weighted by Crippen LogP contribution is -2.31. The van der Waals surface area contributed by atoms with Gasteiger partial charge in [-0.15, -0.1) is 0 Å². The second kappa shape index (κ2) is 6.28. The molecule has 0 bridgehead atoms. The zero-order chi connectivity index (χ0) is 13.0. The molecule has 2 unspecified atom stereocenters. The van der Waals surface area contributed by atoms with Crippen molar-refractivity contribution < 1.29 is 5.11 Å². The van der Waals surface area contributed by atoms with E-state index in [2.05, 4.69) is 15.3 Å². The van der Waals surface area contributed by atoms with Gasteiger partial charge in [0.05, 0.1) is 18.0 Å². The Morgan fingerprint density at radius 3 is 2.71 bits per heavy atom. The number of thioether (sulfide) groups is 1. The molecule has 1 heterocycles. The van der Waals surface area contributed by atoms with Gasteiger partial charge >= 0.3 is 0 Å². The molecule has 0 radical (unpaired) electrons. The minimum absolute atomic E-state index is 0.0302. The topological polar surface area (TPSA) is 84.1 Å². The Labute approximate surface area is 110 Å². The quantitative estimate of drug-likeness (QED) is 0.708. The average Bonchev–Trinajstić information content (AvgIpc) is 2.27. The Balaban J connectivity index is 2.87. The summed E-state index contributed by atoms with van der Waals surface area (Å²) in [6, 6.07) is 0.0302. The third-order valence-electron chi connectivity index (χ3n) is 2.51. The first-order valence-corrected chi connectivity index (χ1v) is 6.86. The van der Waals surface area contributed by atoms with Gasteiger partial charge in [-0.1, -0.05) is 0 Å². The number of hydrogen-bond donors (Lipinski definition) is 3. The number of nitrogens with two attached hydrogens (primary N) is 1. The summed E-state index contributed by atoms with van der Waals surface area (Å²) < 4.78 is 0. The Morgan fingerprint density at radius 2 is 2.18 bits per heavy atom. The Bertz CT molecular complexity index is 387. The molecule has 96 valence electrons. The van der Waals surface area contributed by atoms with E-state index in [1.165, 1.54) is 0 Å². The van der Waals surface area contributed by atoms with Gasteiger partial charge in [-0.25, -0.2) is 4.98 Å². The Morgan fingerprint density at radius 1 is 1.53 bits per heavy atom. The van der Waals surface area contributed by atoms with E-state index >= 15 is 0 Å². The van der Waals surface area contributed by atoms with Crippen LogP contribution in [0.3, 0.4) is 0 Å². The van der Waals surface area contributed by atoms with Crippen molar-refractivity contribution in [1.29, 1.82) is 0 Å². The minimum atomic E-state index is 0.0302. The number of aliphatic hydroxyl groups excluding tert-OH is 1. The van der Waals surface area contributed by atoms with E-state index in [-0.39, 0.29) is 23.2 Å². The molecule has 1 rings (SSSR count). The van der Waals surface area contributed by atoms with Crippen LogP contribution >= 0.6 is 23.4 Å². The number of aliphatic hydroxyl groups is 1. The lowest BCUT2D eigenvalue weighted by molar-refractivity contribution is 0.288. The van der Waals surface area contributed by atoms with Crippen molar-refractivity contribution in [2.75, 3.05) is 23.9 Å². The number of aryl methyl sites for hydroxylation is 1. The second-order valence-corrected chi connectivity index (χ2v) is 5.15. The van der Waals surface area contributed by atoms with Crippen molar-refractivity contribution in [3.8, 4) is 0 Å². The summed E-state index contributed by atoms with van der Waals surface area (Å²) in [7, 11) is 0. The highest BCUT2D eigenvalue weighted by Crippen LogP contribution is 2.23. The summed E-state index contributed by atoms with van der Waals surface area (Å²) >= 11 is 7.36. The van der Waals surface area contributed by atoms with Crippen molar-refractivity contribution in [2.24, 2.45) is 0 Å². The van der Waals surface area contributed by atoms with Gasteiger partial charge in [0.15, 0.2) is 5.82 Å². The van der Waals surface area contributed by atoms with Crippen LogP contribution < -0.4 is 11.1 Å². The van der Waals surface area contributed by atoms with Gasteiger partial charge in [-0.05, 0) is 31.7 Å². The minimum Gasteiger partial charge on any atom is -0.395 e. The normalized spacial score (nSPS) is 14.4. The zero-order valence-electron chi connectivity index (χ0n) is 10.1. The fourth-order valence-corrected chi connectivity index (χ4v) is 2.24. The third-order valence-corrected chi connectivity index (χ3v) is 3.85. The number of rotatable bonds is 5. The van der Waals surface area contributed by atoms with Crippen LogP contribution in [0.4, 0.5) is 11.5 Å². The van der Waals surface area contributed by atoms with Crippen LogP contribution in [0, 0.1) is 6.92 Å². The number of aromatic nitrogens is 2. The largest absolute Gasteiger partial charge is 0.395 e. The smallest absolute Gasteiger partial charge is 0.224 e. The van der Waals surface area contributed by atoms with E-state index in [1.54, 1.807) is 18.7 Å². The zero-order valence-corrected chi connectivity index (χ0v) is 11.6. The van der Waals surface area contributed by atoms with Crippen LogP contribution in [0.2, 0.25) is 5.28 Å². The molecule has 1 aromatic rings. The van der Waals surface area contributed by atoms with Gasteiger partial charge in [0.2, 0.25) is 5.28 Å². The summed E-state index contributed by atoms with van der Waals surface area (Å²) in [4.78, 5) is 8.01. The number of halogens is 1. The SMILES string of the molecule is CSC(CO)C(C)Nc1nc(Cl)nc(C)c1N. The molecule has 2 atom stereocenters. The lowest BCUT2D eigenvalue weighted by atomic mass is 10.2. The van der Waals surface area contributed by atoms with Crippen LogP contribution in [0.1, 0.15) is 12.6 Å². The van der Waals surface area contributed by atoms with E-state index in [0.717, 1.165) is 0 Å². The van der Waals surface area contributed by atoms with Crippen LogP contribution in [0.15, 0.2) is 0 Å². The highest BCUT2D eigenvalue weighted by Gasteiger charge is 2.17. The second-order valence-electron chi connectivity index (χ2n) is 3.73. The first kappa shape index (κ1) is 14.3. The van der Waals surface area contributed by atoms with Gasteiger partial charge in [0, 0.05) is 11.3 Å². The Kier molecular flexibility index (Phi) is 5.30. The van der Waals surface area contributed by atoms with Crippen LogP contribution in [-0.2, 0) is 0 Å². The maximum Gasteiger partial charge on any atom is 0.224 e. The van der Waals surface area contributed by atoms with Crippen molar-refractivity contribution in [2.45, 2.75) is 25.1 Å². The molecule has 4 N–H and O–H groups in total. The van der Waals surface area contributed by atoms with Gasteiger partial charge in [-0.3, -0.25) is 0 Å². The fourth-order valence-electron chi connectivity index (χ4n) is 1.40. The molecule has 0 aliphatic carbocycles. The summed E-state index contributed by atoms with van der Waals surface area (Å²) in [6.07, 6.45) is 1.95. The van der Waals surface area contributed by atoms with Gasteiger partial charge in [0.25, 0.3) is 0 Å². The molecule has 0 amide bonds. The number of hydrogen-bond acceptors (Lipinski definition) is 6. The summed E-state index contributed by atoms with van der Waals surface area (Å²) in [5.41, 5.74) is 7.00. The van der Waals surface area contributed by atoms with Crippen molar-refractivity contribution in [1.82, 2.24) is 9.97 Å². The maximum atomic E-state index is 9.20. The molecule has 0 saturated heterocycles. The molecule has 5 nitrogen and oxygen atoms in total. The van der Waals surface area contributed by atoms with Crippen molar-refractivity contribution in [3.05, 3.63) is 11.0 Å². The van der Waals surface area contributed by atoms with E-state index in [9.17, 15) is 5.11 Å². The summed E-state index contributed by atoms with van der Waals surface area (Å²) in [5.74, 6) is 0.516. The fraction of sp³-hybridized carbons (Fsp3) is 0.600. The predicted octanol–water partition coefficient (Wildman–Crippen LogP) is 1.54. The molecular weight excluding hydrogens is 260 g/mol. The van der Waals surface area contributed by atoms with E-state index < -0.39 is 0 Å². The summed E-state index contributed by atoms with van der Waals surface area (Å²) in [6.45, 7) is 3.83. The van der Waals surface area contributed by atoms with Gasteiger partial charge in [-0.2, -0.15) is 16.7 Å². The molecule has 1 aromatic heterocycles. The molecule has 17 heavy (non-hydrogen) atoms. The molecule has 7 heteroatoms. The number of nitrogens with one attached hydrogen (secondary N) is 1. The van der Waals surface area contributed by atoms with Crippen molar-refractivity contribution >= 4 is 34.9 Å². The van der Waals surface area contributed by atoms with Crippen LogP contribution in [0.5, 0.6) is 0 Å². The van der Waals surface area contributed by atoms with E-state index in [1.807, 2.05) is 13.2 Å². The first-order chi connectivity index (χ1) is 7.99. The standard InChI is InChI=1S/C10H17ClN4OS/c1-5(7(4-16)17-3)13-9-8(12)6(2)14-10(11)15-9/h5,7,16H,4,12H2,1-3H3,(H,13,14,15). The first-order valence-electron chi connectivity index (χ1n) is 5.19. The summed E-state index contributed by atoms with van der Waals surface area (Å²) in [5, 5.41) is 12.6. The molecular formula is C10H17ClN4OS. The predicted molar refractivity (Wildman–Crippen MR) is 73.7 cm³/mol. The number of anilines is 2. The molecule has 0 saturated carbocycles. The molecule has 0 fully saturated rings. The number of nitrogens with zero attached hydrogens (tertiary/aromatic N) is 2. The van der Waals surface area contributed by atoms with Gasteiger partial charge < -0.3 is 16.2 Å². The maximum absolute atomic E-state index is 9.20. The monoisotopic (exact) mass is 276 g/mol. The molecule has 0 aliphatic heterocycles. The molecule has 0 spiro atoms. The van der Waals surface area contributed by atoms with Crippen LogP contribution in [-0.4, -0.2) is 39.2 Å². The van der Waals surface area contributed by atoms with E-state index in [0.29, 0.717) is 17.2 Å². The van der Waals surface area contributed by atoms with Crippen LogP contribution in [0.25, 0.3) is 0 Å². The lowest BCUT2D eigenvalue weighted by Gasteiger charge is -2.22. The van der Waals surface area contributed by atoms with Gasteiger partial charge in [0.1, 0.15) is 0 Å². The van der Waals surface area contributed by atoms with Crippen molar-refractivity contribution in [3.63, 3.8) is 0 Å². The third kappa shape index (κ3) is 3.62.